The molecule has 0 spiro atoms. The van der Waals surface area contributed by atoms with Crippen LogP contribution in [0, 0.1) is 5.41 Å². The molecule has 1 atom stereocenters. The number of nitrogens with one attached hydrogen (secondary N) is 2. The molecule has 0 aliphatic heterocycles. The minimum absolute atomic E-state index is 0.0535. The van der Waals surface area contributed by atoms with E-state index in [2.05, 4.69) is 5.32 Å². The molecule has 0 fully saturated rings. The van der Waals surface area contributed by atoms with Crippen molar-refractivity contribution >= 4 is 17.5 Å². The number of amidine groups is 1. The summed E-state index contributed by atoms with van der Waals surface area (Å²) in [5.41, 5.74) is 6.66. The summed E-state index contributed by atoms with van der Waals surface area (Å²) in [6, 6.07) is 21.6. The Morgan fingerprint density at radius 3 is 2.22 bits per heavy atom. The first-order chi connectivity index (χ1) is 15.3. The van der Waals surface area contributed by atoms with E-state index >= 15 is 0 Å². The maximum Gasteiger partial charge on any atom is 0.333 e. The molecule has 0 amide bonds. The lowest BCUT2D eigenvalue weighted by molar-refractivity contribution is -0.142. The van der Waals surface area contributed by atoms with Crippen LogP contribution in [-0.2, 0) is 16.9 Å². The van der Waals surface area contributed by atoms with Crippen molar-refractivity contribution in [3.63, 3.8) is 0 Å². The quantitative estimate of drug-likeness (QED) is 0.279. The zero-order valence-corrected chi connectivity index (χ0v) is 18.1. The van der Waals surface area contributed by atoms with Crippen LogP contribution in [0.1, 0.15) is 30.5 Å². The molecular weight excluding hydrogens is 406 g/mol. The standard InChI is InChI=1S/C25H27N3O4/c1-3-31-21-13-19(14-22(15-21)32-16-17-7-5-4-6-8-17)25(2,24(29)30)28-20-11-9-18(10-12-20)23(26)27/h4-15,28H,3,16H2,1-2H3,(H3,26,27)(H,29,30). The molecule has 7 heteroatoms. The lowest BCUT2D eigenvalue weighted by atomic mass is 9.91. The maximum atomic E-state index is 12.4. The van der Waals surface area contributed by atoms with Gasteiger partial charge in [-0.05, 0) is 61.4 Å². The van der Waals surface area contributed by atoms with Crippen molar-refractivity contribution in [1.82, 2.24) is 0 Å². The third kappa shape index (κ3) is 5.37. The van der Waals surface area contributed by atoms with Crippen LogP contribution in [0.5, 0.6) is 11.5 Å². The van der Waals surface area contributed by atoms with E-state index in [1.807, 2.05) is 37.3 Å². The van der Waals surface area contributed by atoms with E-state index in [4.69, 9.17) is 20.6 Å². The van der Waals surface area contributed by atoms with Gasteiger partial charge in [0.15, 0.2) is 5.54 Å². The number of hydrogen-bond acceptors (Lipinski definition) is 5. The fraction of sp³-hybridized carbons (Fsp3) is 0.200. The van der Waals surface area contributed by atoms with Gasteiger partial charge in [0.1, 0.15) is 23.9 Å². The highest BCUT2D eigenvalue weighted by molar-refractivity contribution is 5.95. The zero-order chi connectivity index (χ0) is 23.1. The number of carbonyl (C=O) groups is 1. The van der Waals surface area contributed by atoms with Crippen molar-refractivity contribution in [2.24, 2.45) is 5.73 Å². The normalized spacial score (nSPS) is 12.4. The highest BCUT2D eigenvalue weighted by atomic mass is 16.5. The zero-order valence-electron chi connectivity index (χ0n) is 18.1. The summed E-state index contributed by atoms with van der Waals surface area (Å²) in [4.78, 5) is 12.4. The molecule has 1 unspecified atom stereocenters. The maximum absolute atomic E-state index is 12.4. The molecule has 3 aromatic carbocycles. The molecule has 0 saturated heterocycles. The van der Waals surface area contributed by atoms with E-state index in [9.17, 15) is 9.90 Å². The van der Waals surface area contributed by atoms with Gasteiger partial charge in [0.05, 0.1) is 6.61 Å². The number of hydrogen-bond donors (Lipinski definition) is 4. The number of carboxylic acid groups (broad SMARTS) is 1. The van der Waals surface area contributed by atoms with E-state index in [0.29, 0.717) is 41.5 Å². The predicted molar refractivity (Wildman–Crippen MR) is 124 cm³/mol. The van der Waals surface area contributed by atoms with Crippen molar-refractivity contribution in [3.05, 3.63) is 89.5 Å². The van der Waals surface area contributed by atoms with Gasteiger partial charge in [-0.1, -0.05) is 30.3 Å². The Balaban J connectivity index is 1.93. The molecule has 166 valence electrons. The molecule has 0 bridgehead atoms. The minimum Gasteiger partial charge on any atom is -0.494 e. The highest BCUT2D eigenvalue weighted by Gasteiger charge is 2.36. The Kier molecular flexibility index (Phi) is 7.00. The second-order valence-electron chi connectivity index (χ2n) is 7.45. The Bertz CT molecular complexity index is 1080. The Morgan fingerprint density at radius 2 is 1.66 bits per heavy atom. The summed E-state index contributed by atoms with van der Waals surface area (Å²) in [5.74, 6) is -0.0803. The van der Waals surface area contributed by atoms with E-state index in [1.165, 1.54) is 0 Å². The summed E-state index contributed by atoms with van der Waals surface area (Å²) < 4.78 is 11.6. The summed E-state index contributed by atoms with van der Waals surface area (Å²) in [6.45, 7) is 4.23. The van der Waals surface area contributed by atoms with Crippen LogP contribution in [-0.4, -0.2) is 23.5 Å². The highest BCUT2D eigenvalue weighted by Crippen LogP contribution is 2.33. The second-order valence-corrected chi connectivity index (χ2v) is 7.45. The van der Waals surface area contributed by atoms with Crippen LogP contribution in [0.2, 0.25) is 0 Å². The number of rotatable bonds is 10. The van der Waals surface area contributed by atoms with Crippen molar-refractivity contribution in [3.8, 4) is 11.5 Å². The van der Waals surface area contributed by atoms with Crippen LogP contribution >= 0.6 is 0 Å². The summed E-state index contributed by atoms with van der Waals surface area (Å²) >= 11 is 0. The van der Waals surface area contributed by atoms with Crippen molar-refractivity contribution < 1.29 is 19.4 Å². The number of carboxylic acids is 1. The van der Waals surface area contributed by atoms with Gasteiger partial charge in [0.25, 0.3) is 0 Å². The van der Waals surface area contributed by atoms with Crippen LogP contribution in [0.4, 0.5) is 5.69 Å². The fourth-order valence-electron chi connectivity index (χ4n) is 3.21. The van der Waals surface area contributed by atoms with E-state index in [-0.39, 0.29) is 5.84 Å². The first-order valence-corrected chi connectivity index (χ1v) is 10.2. The smallest absolute Gasteiger partial charge is 0.333 e. The molecule has 7 nitrogen and oxygen atoms in total. The SMILES string of the molecule is CCOc1cc(OCc2ccccc2)cc(C(C)(Nc2ccc(C(=N)N)cc2)C(=O)O)c1. The average Bonchev–Trinajstić information content (AvgIpc) is 2.78. The van der Waals surface area contributed by atoms with Gasteiger partial charge >= 0.3 is 5.97 Å². The number of ether oxygens (including phenoxy) is 2. The first kappa shape index (κ1) is 22.7. The third-order valence-electron chi connectivity index (χ3n) is 5.03. The molecule has 0 heterocycles. The largest absolute Gasteiger partial charge is 0.494 e. The first-order valence-electron chi connectivity index (χ1n) is 10.2. The van der Waals surface area contributed by atoms with Crippen molar-refractivity contribution in [1.29, 1.82) is 5.41 Å². The molecule has 5 N–H and O–H groups in total. The molecule has 32 heavy (non-hydrogen) atoms. The second kappa shape index (κ2) is 9.87. The number of nitrogen functional groups attached to an aromatic ring is 1. The van der Waals surface area contributed by atoms with E-state index in [0.717, 1.165) is 5.56 Å². The molecule has 0 aliphatic rings. The topological polar surface area (TPSA) is 118 Å². The van der Waals surface area contributed by atoms with Crippen LogP contribution in [0.15, 0.2) is 72.8 Å². The third-order valence-corrected chi connectivity index (χ3v) is 5.03. The number of aliphatic carboxylic acids is 1. The number of benzene rings is 3. The van der Waals surface area contributed by atoms with Gasteiger partial charge in [-0.15, -0.1) is 0 Å². The van der Waals surface area contributed by atoms with Gasteiger partial charge in [-0.3, -0.25) is 5.41 Å². The molecule has 0 saturated carbocycles. The van der Waals surface area contributed by atoms with Crippen molar-refractivity contribution in [2.75, 3.05) is 11.9 Å². The van der Waals surface area contributed by atoms with Crippen molar-refractivity contribution in [2.45, 2.75) is 26.0 Å². The van der Waals surface area contributed by atoms with Crippen LogP contribution in [0.25, 0.3) is 0 Å². The minimum atomic E-state index is -1.46. The Hall–Kier alpha value is -4.00. The monoisotopic (exact) mass is 433 g/mol. The molecule has 0 radical (unpaired) electrons. The van der Waals surface area contributed by atoms with Gasteiger partial charge in [-0.25, -0.2) is 4.79 Å². The van der Waals surface area contributed by atoms with Gasteiger partial charge < -0.3 is 25.6 Å². The van der Waals surface area contributed by atoms with Gasteiger partial charge in [-0.2, -0.15) is 0 Å². The number of nitrogens with two attached hydrogens (primary N) is 1. The lowest BCUT2D eigenvalue weighted by Crippen LogP contribution is -2.40. The number of anilines is 1. The molecule has 0 aromatic heterocycles. The molecule has 0 aliphatic carbocycles. The Labute approximate surface area is 187 Å². The molecule has 3 rings (SSSR count). The summed E-state index contributed by atoms with van der Waals surface area (Å²) in [6.07, 6.45) is 0. The fourth-order valence-corrected chi connectivity index (χ4v) is 3.21. The summed E-state index contributed by atoms with van der Waals surface area (Å²) in [7, 11) is 0. The van der Waals surface area contributed by atoms with Gasteiger partial charge in [0, 0.05) is 17.3 Å². The van der Waals surface area contributed by atoms with Gasteiger partial charge in [0.2, 0.25) is 0 Å². The predicted octanol–water partition coefficient (Wildman–Crippen LogP) is 4.36. The Morgan fingerprint density at radius 1 is 1.03 bits per heavy atom. The van der Waals surface area contributed by atoms with Crippen LogP contribution < -0.4 is 20.5 Å². The van der Waals surface area contributed by atoms with E-state index in [1.54, 1.807) is 49.4 Å². The van der Waals surface area contributed by atoms with Crippen LogP contribution in [0.3, 0.4) is 0 Å². The molecular formula is C25H27N3O4. The average molecular weight is 434 g/mol. The summed E-state index contributed by atoms with van der Waals surface area (Å²) in [5, 5.41) is 20.7. The van der Waals surface area contributed by atoms with E-state index < -0.39 is 11.5 Å². The lowest BCUT2D eigenvalue weighted by Gasteiger charge is -2.29. The molecule has 3 aromatic rings.